The van der Waals surface area contributed by atoms with E-state index in [9.17, 15) is 0 Å². The number of nitrogens with one attached hydrogen (secondary N) is 1. The van der Waals surface area contributed by atoms with Gasteiger partial charge in [0.05, 0.1) is 0 Å². The largest absolute Gasteiger partial charge is 0.317 e. The smallest absolute Gasteiger partial charge is 0.168 e. The van der Waals surface area contributed by atoms with Crippen LogP contribution in [0.5, 0.6) is 0 Å². The van der Waals surface area contributed by atoms with Crippen LogP contribution in [0.15, 0.2) is 30.6 Å². The molecule has 1 saturated heterocycles. The summed E-state index contributed by atoms with van der Waals surface area (Å²) < 4.78 is 2.00. The molecule has 0 bridgehead atoms. The fourth-order valence-electron chi connectivity index (χ4n) is 1.29. The molecular weight excluding hydrogens is 160 g/mol. The average molecular weight is 179 g/mol. The summed E-state index contributed by atoms with van der Waals surface area (Å²) >= 11 is 0. The Bertz CT molecular complexity index is 193. The van der Waals surface area contributed by atoms with Crippen LogP contribution in [0.2, 0.25) is 0 Å². The molecule has 2 heteroatoms. The summed E-state index contributed by atoms with van der Waals surface area (Å²) in [6, 6.07) is 6.00. The highest BCUT2D eigenvalue weighted by atomic mass is 14.9. The maximum atomic E-state index is 3.28. The number of hydrogen-bond acceptors (Lipinski definition) is 1. The molecule has 0 radical (unpaired) electrons. The van der Waals surface area contributed by atoms with Crippen LogP contribution in [0.25, 0.3) is 0 Å². The predicted molar refractivity (Wildman–Crippen MR) is 54.3 cm³/mol. The van der Waals surface area contributed by atoms with Crippen molar-refractivity contribution in [3.05, 3.63) is 30.6 Å². The Balaban J connectivity index is 0.000000132. The van der Waals surface area contributed by atoms with Crippen LogP contribution in [0.3, 0.4) is 0 Å². The topological polar surface area (TPSA) is 15.9 Å². The second kappa shape index (κ2) is 6.61. The van der Waals surface area contributed by atoms with E-state index in [0.29, 0.717) is 0 Å². The lowest BCUT2D eigenvalue weighted by Crippen LogP contribution is -2.25. The Morgan fingerprint density at radius 1 is 0.923 bits per heavy atom. The number of rotatable bonds is 0. The molecule has 2 rings (SSSR count). The quantitative estimate of drug-likeness (QED) is 0.593. The van der Waals surface area contributed by atoms with Gasteiger partial charge in [-0.2, -0.15) is 0 Å². The maximum absolute atomic E-state index is 3.28. The van der Waals surface area contributed by atoms with Crippen molar-refractivity contribution >= 4 is 0 Å². The van der Waals surface area contributed by atoms with E-state index >= 15 is 0 Å². The normalized spacial score (nSPS) is 15.8. The Morgan fingerprint density at radius 3 is 1.77 bits per heavy atom. The minimum Gasteiger partial charge on any atom is -0.317 e. The Morgan fingerprint density at radius 2 is 1.54 bits per heavy atom. The van der Waals surface area contributed by atoms with E-state index in [-0.39, 0.29) is 0 Å². The van der Waals surface area contributed by atoms with Gasteiger partial charge in [-0.1, -0.05) is 12.5 Å². The molecule has 0 aliphatic carbocycles. The van der Waals surface area contributed by atoms with Crippen LogP contribution >= 0.6 is 0 Å². The van der Waals surface area contributed by atoms with Crippen molar-refractivity contribution < 1.29 is 4.57 Å². The van der Waals surface area contributed by atoms with Gasteiger partial charge in [-0.25, -0.2) is 4.57 Å². The average Bonchev–Trinajstić information content (AvgIpc) is 2.22. The van der Waals surface area contributed by atoms with Gasteiger partial charge in [0.15, 0.2) is 12.4 Å². The van der Waals surface area contributed by atoms with E-state index in [1.54, 1.807) is 0 Å². The Kier molecular flexibility index (Phi) is 5.18. The van der Waals surface area contributed by atoms with E-state index in [2.05, 4.69) is 5.32 Å². The molecule has 1 fully saturated rings. The van der Waals surface area contributed by atoms with Gasteiger partial charge in [0.25, 0.3) is 0 Å². The summed E-state index contributed by atoms with van der Waals surface area (Å²) in [7, 11) is 2.00. The van der Waals surface area contributed by atoms with E-state index in [4.69, 9.17) is 0 Å². The maximum Gasteiger partial charge on any atom is 0.168 e. The molecule has 0 amide bonds. The first-order valence-corrected chi connectivity index (χ1v) is 5.00. The van der Waals surface area contributed by atoms with Crippen LogP contribution in [-0.2, 0) is 7.05 Å². The molecule has 1 aliphatic rings. The zero-order valence-electron chi connectivity index (χ0n) is 8.37. The lowest BCUT2D eigenvalue weighted by Gasteiger charge is -2.08. The van der Waals surface area contributed by atoms with Gasteiger partial charge < -0.3 is 5.32 Å². The van der Waals surface area contributed by atoms with Crippen molar-refractivity contribution in [3.63, 3.8) is 0 Å². The van der Waals surface area contributed by atoms with Gasteiger partial charge in [0.2, 0.25) is 0 Å². The number of aromatic nitrogens is 1. The van der Waals surface area contributed by atoms with Gasteiger partial charge in [-0.3, -0.25) is 0 Å². The van der Waals surface area contributed by atoms with Crippen LogP contribution < -0.4 is 9.88 Å². The van der Waals surface area contributed by atoms with Crippen molar-refractivity contribution in [2.45, 2.75) is 19.3 Å². The van der Waals surface area contributed by atoms with E-state index in [1.165, 1.54) is 32.4 Å². The lowest BCUT2D eigenvalue weighted by atomic mass is 10.2. The molecule has 0 aromatic carbocycles. The van der Waals surface area contributed by atoms with Crippen LogP contribution in [0, 0.1) is 0 Å². The zero-order valence-corrected chi connectivity index (χ0v) is 8.37. The molecule has 0 spiro atoms. The van der Waals surface area contributed by atoms with Gasteiger partial charge in [0, 0.05) is 12.1 Å². The third-order valence-electron chi connectivity index (χ3n) is 2.07. The first-order valence-electron chi connectivity index (χ1n) is 5.00. The van der Waals surface area contributed by atoms with Crippen molar-refractivity contribution in [2.75, 3.05) is 13.1 Å². The monoisotopic (exact) mass is 179 g/mol. The SMILES string of the molecule is C1CCNCC1.C[n+]1ccccc1. The summed E-state index contributed by atoms with van der Waals surface area (Å²) in [6.07, 6.45) is 8.22. The van der Waals surface area contributed by atoms with Crippen molar-refractivity contribution in [1.29, 1.82) is 0 Å². The minimum absolute atomic E-state index is 1.25. The Labute approximate surface area is 80.6 Å². The third kappa shape index (κ3) is 5.36. The molecule has 1 N–H and O–H groups in total. The molecule has 13 heavy (non-hydrogen) atoms. The molecule has 1 aliphatic heterocycles. The van der Waals surface area contributed by atoms with Crippen LogP contribution in [0.4, 0.5) is 0 Å². The predicted octanol–water partition coefficient (Wildman–Crippen LogP) is 1.27. The molecular formula is C11H19N2+. The molecule has 0 unspecified atom stereocenters. The van der Waals surface area contributed by atoms with Gasteiger partial charge in [0.1, 0.15) is 7.05 Å². The molecule has 2 heterocycles. The van der Waals surface area contributed by atoms with E-state index < -0.39 is 0 Å². The van der Waals surface area contributed by atoms with Crippen LogP contribution in [0.1, 0.15) is 19.3 Å². The van der Waals surface area contributed by atoms with Gasteiger partial charge in [-0.15, -0.1) is 0 Å². The highest BCUT2D eigenvalue weighted by Crippen LogP contribution is 1.96. The minimum atomic E-state index is 1.25. The van der Waals surface area contributed by atoms with Crippen molar-refractivity contribution in [2.24, 2.45) is 7.05 Å². The second-order valence-electron chi connectivity index (χ2n) is 3.35. The molecule has 0 saturated carbocycles. The number of pyridine rings is 1. The summed E-state index contributed by atoms with van der Waals surface area (Å²) in [5, 5.41) is 3.28. The Hall–Kier alpha value is -0.890. The van der Waals surface area contributed by atoms with Crippen molar-refractivity contribution in [3.8, 4) is 0 Å². The molecule has 72 valence electrons. The molecule has 0 atom stereocenters. The van der Waals surface area contributed by atoms with E-state index in [1.807, 2.05) is 42.2 Å². The zero-order chi connectivity index (χ0) is 9.36. The fourth-order valence-corrected chi connectivity index (χ4v) is 1.29. The summed E-state index contributed by atoms with van der Waals surface area (Å²) in [5.74, 6) is 0. The molecule has 1 aromatic heterocycles. The third-order valence-corrected chi connectivity index (χ3v) is 2.07. The lowest BCUT2D eigenvalue weighted by molar-refractivity contribution is -0.671. The number of hydrogen-bond donors (Lipinski definition) is 1. The van der Waals surface area contributed by atoms with Crippen LogP contribution in [-0.4, -0.2) is 13.1 Å². The fraction of sp³-hybridized carbons (Fsp3) is 0.545. The first kappa shape index (κ1) is 10.2. The second-order valence-corrected chi connectivity index (χ2v) is 3.35. The molecule has 2 nitrogen and oxygen atoms in total. The first-order chi connectivity index (χ1) is 6.39. The summed E-state index contributed by atoms with van der Waals surface area (Å²) in [5.41, 5.74) is 0. The summed E-state index contributed by atoms with van der Waals surface area (Å²) in [4.78, 5) is 0. The highest BCUT2D eigenvalue weighted by Gasteiger charge is 1.93. The number of nitrogens with zero attached hydrogens (tertiary/aromatic N) is 1. The number of piperidine rings is 1. The van der Waals surface area contributed by atoms with Crippen molar-refractivity contribution in [1.82, 2.24) is 5.32 Å². The number of aryl methyl sites for hydroxylation is 1. The van der Waals surface area contributed by atoms with Gasteiger partial charge in [-0.05, 0) is 25.9 Å². The van der Waals surface area contributed by atoms with E-state index in [0.717, 1.165) is 0 Å². The highest BCUT2D eigenvalue weighted by molar-refractivity contribution is 4.83. The van der Waals surface area contributed by atoms with Gasteiger partial charge >= 0.3 is 0 Å². The summed E-state index contributed by atoms with van der Waals surface area (Å²) in [6.45, 7) is 2.50. The molecule has 1 aromatic rings. The standard InChI is InChI=1S/C6H8N.C5H11N/c1-7-5-3-2-4-6-7;1-2-4-6-5-3-1/h2-6H,1H3;6H,1-5H2/q+1;.